The zero-order chi connectivity index (χ0) is 13.0. The summed E-state index contributed by atoms with van der Waals surface area (Å²) in [6.07, 6.45) is 3.02. The largest absolute Gasteiger partial charge is 0.508 e. The fourth-order valence-corrected chi connectivity index (χ4v) is 1.62. The number of ether oxygens (including phenoxy) is 1. The van der Waals surface area contributed by atoms with Crippen LogP contribution in [0.1, 0.15) is 32.0 Å². The Kier molecular flexibility index (Phi) is 3.87. The van der Waals surface area contributed by atoms with Gasteiger partial charge in [-0.05, 0) is 31.5 Å². The highest BCUT2D eigenvalue weighted by Gasteiger charge is 2.05. The third-order valence-electron chi connectivity index (χ3n) is 2.91. The summed E-state index contributed by atoms with van der Waals surface area (Å²) in [7, 11) is 0. The maximum absolute atomic E-state index is 9.32. The predicted molar refractivity (Wildman–Crippen MR) is 69.7 cm³/mol. The minimum Gasteiger partial charge on any atom is -0.508 e. The van der Waals surface area contributed by atoms with E-state index in [4.69, 9.17) is 4.74 Å². The summed E-state index contributed by atoms with van der Waals surface area (Å²) in [5.74, 6) is 0.853. The molecule has 0 amide bonds. The van der Waals surface area contributed by atoms with Gasteiger partial charge in [-0.2, -0.15) is 5.10 Å². The second-order valence-electron chi connectivity index (χ2n) is 4.33. The van der Waals surface area contributed by atoms with E-state index < -0.39 is 0 Å². The molecule has 2 aromatic rings. The third kappa shape index (κ3) is 3.03. The molecule has 0 radical (unpaired) electrons. The van der Waals surface area contributed by atoms with E-state index in [-0.39, 0.29) is 5.75 Å². The van der Waals surface area contributed by atoms with Crippen molar-refractivity contribution in [1.29, 1.82) is 0 Å². The molecule has 1 atom stereocenters. The third-order valence-corrected chi connectivity index (χ3v) is 2.91. The number of nitrogens with zero attached hydrogens (tertiary/aromatic N) is 2. The summed E-state index contributed by atoms with van der Waals surface area (Å²) >= 11 is 0. The highest BCUT2D eigenvalue weighted by atomic mass is 16.5. The van der Waals surface area contributed by atoms with E-state index in [9.17, 15) is 5.11 Å². The lowest BCUT2D eigenvalue weighted by molar-refractivity contribution is 0.296. The van der Waals surface area contributed by atoms with Gasteiger partial charge in [0.25, 0.3) is 0 Å². The van der Waals surface area contributed by atoms with Crippen LogP contribution in [0.5, 0.6) is 11.5 Å². The second-order valence-corrected chi connectivity index (χ2v) is 4.33. The van der Waals surface area contributed by atoms with Crippen LogP contribution in [0, 0.1) is 0 Å². The molecule has 4 nitrogen and oxygen atoms in total. The van der Waals surface area contributed by atoms with Crippen molar-refractivity contribution in [3.63, 3.8) is 0 Å². The minimum atomic E-state index is 0.206. The van der Waals surface area contributed by atoms with Gasteiger partial charge in [0.15, 0.2) is 0 Å². The van der Waals surface area contributed by atoms with E-state index >= 15 is 0 Å². The molecule has 4 heteroatoms. The second kappa shape index (κ2) is 5.58. The zero-order valence-corrected chi connectivity index (χ0v) is 10.7. The lowest BCUT2D eigenvalue weighted by Gasteiger charge is -2.08. The van der Waals surface area contributed by atoms with Gasteiger partial charge in [-0.15, -0.1) is 0 Å². The first-order valence-electron chi connectivity index (χ1n) is 6.15. The molecule has 0 aliphatic carbocycles. The van der Waals surface area contributed by atoms with Crippen molar-refractivity contribution in [3.05, 3.63) is 42.2 Å². The van der Waals surface area contributed by atoms with E-state index in [1.165, 1.54) is 0 Å². The molecular formula is C14H18N2O2. The average Bonchev–Trinajstić information content (AvgIpc) is 2.84. The molecule has 0 saturated carbocycles. The molecule has 0 aliphatic rings. The molecule has 0 bridgehead atoms. The normalized spacial score (nSPS) is 12.3. The van der Waals surface area contributed by atoms with Gasteiger partial charge in [-0.25, -0.2) is 0 Å². The van der Waals surface area contributed by atoms with Crippen molar-refractivity contribution in [3.8, 4) is 11.5 Å². The van der Waals surface area contributed by atoms with Crippen molar-refractivity contribution >= 4 is 0 Å². The number of rotatable bonds is 5. The van der Waals surface area contributed by atoms with Crippen molar-refractivity contribution < 1.29 is 9.84 Å². The Balaban J connectivity index is 1.96. The zero-order valence-electron chi connectivity index (χ0n) is 10.7. The summed E-state index contributed by atoms with van der Waals surface area (Å²) in [6.45, 7) is 4.68. The molecule has 2 rings (SSSR count). The molecule has 0 aliphatic heterocycles. The highest BCUT2D eigenvalue weighted by Crippen LogP contribution is 2.18. The number of aromatic nitrogens is 2. The van der Waals surface area contributed by atoms with Crippen LogP contribution >= 0.6 is 0 Å². The molecule has 0 saturated heterocycles. The summed E-state index contributed by atoms with van der Waals surface area (Å²) < 4.78 is 7.51. The van der Waals surface area contributed by atoms with Crippen LogP contribution < -0.4 is 4.74 Å². The first kappa shape index (κ1) is 12.5. The maximum atomic E-state index is 9.32. The van der Waals surface area contributed by atoms with Crippen molar-refractivity contribution in [2.75, 3.05) is 0 Å². The van der Waals surface area contributed by atoms with Crippen LogP contribution in [0.2, 0.25) is 0 Å². The molecule has 1 aromatic heterocycles. The Morgan fingerprint density at radius 2 is 2.22 bits per heavy atom. The molecule has 1 heterocycles. The van der Waals surface area contributed by atoms with Crippen LogP contribution in [0.25, 0.3) is 0 Å². The molecule has 0 fully saturated rings. The maximum Gasteiger partial charge on any atom is 0.132 e. The van der Waals surface area contributed by atoms with E-state index in [1.54, 1.807) is 18.2 Å². The molecule has 1 N–H and O–H groups in total. The molecule has 1 aromatic carbocycles. The van der Waals surface area contributed by atoms with Gasteiger partial charge < -0.3 is 9.84 Å². The Labute approximate surface area is 107 Å². The van der Waals surface area contributed by atoms with Crippen LogP contribution in [0.15, 0.2) is 36.5 Å². The number of aromatic hydroxyl groups is 1. The van der Waals surface area contributed by atoms with Gasteiger partial charge in [0.05, 0.1) is 5.69 Å². The Morgan fingerprint density at radius 3 is 2.94 bits per heavy atom. The predicted octanol–water partition coefficient (Wildman–Crippen LogP) is 3.14. The van der Waals surface area contributed by atoms with E-state index in [2.05, 4.69) is 18.9 Å². The molecule has 0 spiro atoms. The summed E-state index contributed by atoms with van der Waals surface area (Å²) in [6, 6.07) is 9.12. The summed E-state index contributed by atoms with van der Waals surface area (Å²) in [5, 5.41) is 13.8. The summed E-state index contributed by atoms with van der Waals surface area (Å²) in [4.78, 5) is 0. The molecule has 1 unspecified atom stereocenters. The molecule has 96 valence electrons. The lowest BCUT2D eigenvalue weighted by Crippen LogP contribution is -2.05. The van der Waals surface area contributed by atoms with Crippen molar-refractivity contribution in [2.45, 2.75) is 32.9 Å². The van der Waals surface area contributed by atoms with Crippen LogP contribution in [-0.4, -0.2) is 14.9 Å². The highest BCUT2D eigenvalue weighted by molar-refractivity contribution is 5.31. The SMILES string of the molecule is CCC(C)n1ccc(COc2cccc(O)c2)n1. The van der Waals surface area contributed by atoms with Gasteiger partial charge in [-0.1, -0.05) is 13.0 Å². The van der Waals surface area contributed by atoms with E-state index in [0.717, 1.165) is 12.1 Å². The number of hydrogen-bond acceptors (Lipinski definition) is 3. The van der Waals surface area contributed by atoms with Crippen molar-refractivity contribution in [1.82, 2.24) is 9.78 Å². The topological polar surface area (TPSA) is 47.3 Å². The van der Waals surface area contributed by atoms with Crippen LogP contribution in [0.4, 0.5) is 0 Å². The van der Waals surface area contributed by atoms with Gasteiger partial charge in [0.2, 0.25) is 0 Å². The molecule has 18 heavy (non-hydrogen) atoms. The fraction of sp³-hybridized carbons (Fsp3) is 0.357. The fourth-order valence-electron chi connectivity index (χ4n) is 1.62. The Morgan fingerprint density at radius 1 is 1.39 bits per heavy atom. The van der Waals surface area contributed by atoms with Gasteiger partial charge in [-0.3, -0.25) is 4.68 Å². The Bertz CT molecular complexity index is 508. The number of hydrogen-bond donors (Lipinski definition) is 1. The average molecular weight is 246 g/mol. The van der Waals surface area contributed by atoms with E-state index in [1.807, 2.05) is 23.0 Å². The van der Waals surface area contributed by atoms with E-state index in [0.29, 0.717) is 18.4 Å². The van der Waals surface area contributed by atoms with Crippen LogP contribution in [-0.2, 0) is 6.61 Å². The van der Waals surface area contributed by atoms with Gasteiger partial charge in [0.1, 0.15) is 18.1 Å². The van der Waals surface area contributed by atoms with Gasteiger partial charge >= 0.3 is 0 Å². The van der Waals surface area contributed by atoms with Crippen molar-refractivity contribution in [2.24, 2.45) is 0 Å². The van der Waals surface area contributed by atoms with Gasteiger partial charge in [0, 0.05) is 18.3 Å². The quantitative estimate of drug-likeness (QED) is 0.881. The number of benzene rings is 1. The summed E-state index contributed by atoms with van der Waals surface area (Å²) in [5.41, 5.74) is 0.888. The minimum absolute atomic E-state index is 0.206. The van der Waals surface area contributed by atoms with Crippen LogP contribution in [0.3, 0.4) is 0 Å². The molecular weight excluding hydrogens is 228 g/mol. The first-order valence-corrected chi connectivity index (χ1v) is 6.15. The lowest BCUT2D eigenvalue weighted by atomic mass is 10.3. The monoisotopic (exact) mass is 246 g/mol. The smallest absolute Gasteiger partial charge is 0.132 e. The Hall–Kier alpha value is -1.97. The number of phenols is 1. The standard InChI is InChI=1S/C14H18N2O2/c1-3-11(2)16-8-7-12(15-16)10-18-14-6-4-5-13(17)9-14/h4-9,11,17H,3,10H2,1-2H3. The first-order chi connectivity index (χ1) is 8.69. The number of phenolic OH excluding ortho intramolecular Hbond substituents is 1.